The third-order valence-electron chi connectivity index (χ3n) is 3.68. The summed E-state index contributed by atoms with van der Waals surface area (Å²) in [6.45, 7) is 0.616. The summed E-state index contributed by atoms with van der Waals surface area (Å²) in [5.74, 6) is -0.0127. The number of amides is 2. The molecule has 1 aromatic carbocycles. The topological polar surface area (TPSA) is 69.6 Å². The quantitative estimate of drug-likeness (QED) is 0.839. The van der Waals surface area contributed by atoms with E-state index in [9.17, 15) is 14.7 Å². The standard InChI is InChI=1S/C15H19BrN2O3/c1-18(9-10-6-13(19)7-10)14(20)8-17-15(21)11-2-4-12(16)5-3-11/h2-5,10,13,19H,6-9H2,1H3,(H,17,21). The normalized spacial score (nSPS) is 20.5. The zero-order valence-corrected chi connectivity index (χ0v) is 13.5. The maximum atomic E-state index is 11.9. The number of nitrogens with zero attached hydrogens (tertiary/aromatic N) is 1. The van der Waals surface area contributed by atoms with Gasteiger partial charge in [-0.25, -0.2) is 0 Å². The van der Waals surface area contributed by atoms with E-state index in [1.54, 1.807) is 36.2 Å². The molecular weight excluding hydrogens is 336 g/mol. The molecule has 0 spiro atoms. The van der Waals surface area contributed by atoms with E-state index in [4.69, 9.17) is 0 Å². The molecule has 21 heavy (non-hydrogen) atoms. The van der Waals surface area contributed by atoms with Crippen molar-refractivity contribution < 1.29 is 14.7 Å². The van der Waals surface area contributed by atoms with Crippen LogP contribution in [-0.4, -0.2) is 48.1 Å². The Morgan fingerprint density at radius 2 is 1.95 bits per heavy atom. The molecule has 0 bridgehead atoms. The van der Waals surface area contributed by atoms with Crippen LogP contribution in [0.15, 0.2) is 28.7 Å². The molecule has 2 rings (SSSR count). The Morgan fingerprint density at radius 3 is 2.52 bits per heavy atom. The SMILES string of the molecule is CN(CC1CC(O)C1)C(=O)CNC(=O)c1ccc(Br)cc1. The van der Waals surface area contributed by atoms with Gasteiger partial charge in [-0.1, -0.05) is 15.9 Å². The first-order valence-corrected chi connectivity index (χ1v) is 7.71. The first-order chi connectivity index (χ1) is 9.95. The Morgan fingerprint density at radius 1 is 1.33 bits per heavy atom. The second-order valence-electron chi connectivity index (χ2n) is 5.46. The van der Waals surface area contributed by atoms with Crippen LogP contribution in [-0.2, 0) is 4.79 Å². The monoisotopic (exact) mass is 354 g/mol. The molecule has 1 fully saturated rings. The molecule has 0 saturated heterocycles. The molecule has 0 radical (unpaired) electrons. The summed E-state index contributed by atoms with van der Waals surface area (Å²) in [6, 6.07) is 6.96. The third kappa shape index (κ3) is 4.54. The number of rotatable bonds is 5. The summed E-state index contributed by atoms with van der Waals surface area (Å²) in [5, 5.41) is 11.9. The molecule has 5 nitrogen and oxygen atoms in total. The highest BCUT2D eigenvalue weighted by molar-refractivity contribution is 9.10. The lowest BCUT2D eigenvalue weighted by atomic mass is 9.82. The van der Waals surface area contributed by atoms with Gasteiger partial charge in [-0.2, -0.15) is 0 Å². The molecule has 0 aromatic heterocycles. The van der Waals surface area contributed by atoms with E-state index < -0.39 is 0 Å². The number of hydrogen-bond donors (Lipinski definition) is 2. The van der Waals surface area contributed by atoms with Crippen LogP contribution in [0.4, 0.5) is 0 Å². The number of aliphatic hydroxyl groups excluding tert-OH is 1. The summed E-state index contributed by atoms with van der Waals surface area (Å²) < 4.78 is 0.901. The van der Waals surface area contributed by atoms with Crippen molar-refractivity contribution in [3.05, 3.63) is 34.3 Å². The van der Waals surface area contributed by atoms with Crippen LogP contribution < -0.4 is 5.32 Å². The Bertz CT molecular complexity index is 512. The smallest absolute Gasteiger partial charge is 0.251 e. The van der Waals surface area contributed by atoms with Crippen molar-refractivity contribution in [3.8, 4) is 0 Å². The van der Waals surface area contributed by atoms with Gasteiger partial charge in [-0.3, -0.25) is 9.59 Å². The fourth-order valence-corrected chi connectivity index (χ4v) is 2.60. The molecule has 1 aliphatic carbocycles. The van der Waals surface area contributed by atoms with Gasteiger partial charge in [0.2, 0.25) is 5.91 Å². The average molecular weight is 355 g/mol. The Hall–Kier alpha value is -1.40. The molecular formula is C15H19BrN2O3. The van der Waals surface area contributed by atoms with Crippen LogP contribution in [0.25, 0.3) is 0 Å². The zero-order valence-electron chi connectivity index (χ0n) is 11.9. The maximum Gasteiger partial charge on any atom is 0.251 e. The van der Waals surface area contributed by atoms with Crippen LogP contribution in [0.1, 0.15) is 23.2 Å². The van der Waals surface area contributed by atoms with Crippen molar-refractivity contribution in [2.45, 2.75) is 18.9 Å². The van der Waals surface area contributed by atoms with Gasteiger partial charge >= 0.3 is 0 Å². The number of carbonyl (C=O) groups is 2. The average Bonchev–Trinajstić information content (AvgIpc) is 2.43. The molecule has 0 aliphatic heterocycles. The highest BCUT2D eigenvalue weighted by Crippen LogP contribution is 2.27. The number of halogens is 1. The fourth-order valence-electron chi connectivity index (χ4n) is 2.33. The molecule has 6 heteroatoms. The van der Waals surface area contributed by atoms with Crippen LogP contribution in [0.3, 0.4) is 0 Å². The van der Waals surface area contributed by atoms with Crippen LogP contribution in [0.2, 0.25) is 0 Å². The minimum Gasteiger partial charge on any atom is -0.393 e. The first-order valence-electron chi connectivity index (χ1n) is 6.91. The minimum atomic E-state index is -0.261. The number of carbonyl (C=O) groups excluding carboxylic acids is 2. The summed E-state index contributed by atoms with van der Waals surface area (Å²) >= 11 is 3.30. The Kier molecular flexibility index (Phi) is 5.36. The van der Waals surface area contributed by atoms with Gasteiger partial charge in [0.25, 0.3) is 5.91 Å². The lowest BCUT2D eigenvalue weighted by Crippen LogP contribution is -2.43. The van der Waals surface area contributed by atoms with E-state index in [0.717, 1.165) is 17.3 Å². The fraction of sp³-hybridized carbons (Fsp3) is 0.467. The van der Waals surface area contributed by atoms with Gasteiger partial charge < -0.3 is 15.3 Å². The van der Waals surface area contributed by atoms with E-state index in [2.05, 4.69) is 21.2 Å². The van der Waals surface area contributed by atoms with E-state index in [-0.39, 0.29) is 24.5 Å². The molecule has 114 valence electrons. The van der Waals surface area contributed by atoms with Crippen molar-refractivity contribution in [1.82, 2.24) is 10.2 Å². The van der Waals surface area contributed by atoms with Crippen molar-refractivity contribution in [1.29, 1.82) is 0 Å². The van der Waals surface area contributed by atoms with Crippen LogP contribution in [0.5, 0.6) is 0 Å². The van der Waals surface area contributed by atoms with Gasteiger partial charge in [0.1, 0.15) is 0 Å². The van der Waals surface area contributed by atoms with Crippen molar-refractivity contribution in [3.63, 3.8) is 0 Å². The number of hydrogen-bond acceptors (Lipinski definition) is 3. The summed E-state index contributed by atoms with van der Waals surface area (Å²) in [6.07, 6.45) is 1.29. The number of likely N-dealkylation sites (N-methyl/N-ethyl adjacent to an activating group) is 1. The molecule has 0 heterocycles. The number of aliphatic hydroxyl groups is 1. The van der Waals surface area contributed by atoms with Crippen molar-refractivity contribution >= 4 is 27.7 Å². The predicted octanol–water partition coefficient (Wildman–Crippen LogP) is 1.41. The lowest BCUT2D eigenvalue weighted by molar-refractivity contribution is -0.130. The second kappa shape index (κ2) is 7.04. The molecule has 0 atom stereocenters. The van der Waals surface area contributed by atoms with Crippen LogP contribution in [0, 0.1) is 5.92 Å². The molecule has 1 aliphatic rings. The summed E-state index contributed by atoms with van der Waals surface area (Å²) in [5.41, 5.74) is 0.524. The minimum absolute atomic E-state index is 0.0132. The van der Waals surface area contributed by atoms with E-state index in [1.807, 2.05) is 0 Å². The van der Waals surface area contributed by atoms with Gasteiger partial charge in [0.05, 0.1) is 12.6 Å². The van der Waals surface area contributed by atoms with E-state index >= 15 is 0 Å². The molecule has 2 amide bonds. The molecule has 1 aromatic rings. The molecule has 0 unspecified atom stereocenters. The Labute approximate surface area is 132 Å². The van der Waals surface area contributed by atoms with Gasteiger partial charge in [-0.15, -0.1) is 0 Å². The third-order valence-corrected chi connectivity index (χ3v) is 4.20. The Balaban J connectivity index is 1.75. The first kappa shape index (κ1) is 16.0. The second-order valence-corrected chi connectivity index (χ2v) is 6.37. The van der Waals surface area contributed by atoms with Gasteiger partial charge in [-0.05, 0) is 43.0 Å². The van der Waals surface area contributed by atoms with E-state index in [0.29, 0.717) is 18.0 Å². The predicted molar refractivity (Wildman–Crippen MR) is 82.8 cm³/mol. The van der Waals surface area contributed by atoms with Crippen molar-refractivity contribution in [2.24, 2.45) is 5.92 Å². The summed E-state index contributed by atoms with van der Waals surface area (Å²) in [7, 11) is 1.72. The highest BCUT2D eigenvalue weighted by atomic mass is 79.9. The lowest BCUT2D eigenvalue weighted by Gasteiger charge is -2.34. The molecule has 2 N–H and O–H groups in total. The summed E-state index contributed by atoms with van der Waals surface area (Å²) in [4.78, 5) is 25.4. The van der Waals surface area contributed by atoms with E-state index in [1.165, 1.54) is 0 Å². The highest BCUT2D eigenvalue weighted by Gasteiger charge is 2.29. The molecule has 1 saturated carbocycles. The number of benzene rings is 1. The largest absolute Gasteiger partial charge is 0.393 e. The van der Waals surface area contributed by atoms with Crippen LogP contribution >= 0.6 is 15.9 Å². The van der Waals surface area contributed by atoms with Gasteiger partial charge in [0.15, 0.2) is 0 Å². The maximum absolute atomic E-state index is 11.9. The van der Waals surface area contributed by atoms with Gasteiger partial charge in [0, 0.05) is 23.6 Å². The van der Waals surface area contributed by atoms with Crippen molar-refractivity contribution in [2.75, 3.05) is 20.1 Å². The zero-order chi connectivity index (χ0) is 15.4. The number of nitrogens with one attached hydrogen (secondary N) is 1.